The molecule has 136 valence electrons. The first-order chi connectivity index (χ1) is 12.0. The van der Waals surface area contributed by atoms with Crippen LogP contribution in [-0.4, -0.2) is 40.1 Å². The maximum atomic E-state index is 12.9. The van der Waals surface area contributed by atoms with Crippen molar-refractivity contribution in [1.29, 1.82) is 0 Å². The summed E-state index contributed by atoms with van der Waals surface area (Å²) in [5.41, 5.74) is 0.867. The van der Waals surface area contributed by atoms with Gasteiger partial charge in [0.05, 0.1) is 12.5 Å². The summed E-state index contributed by atoms with van der Waals surface area (Å²) in [7, 11) is 0. The Balaban J connectivity index is 1.75. The molecule has 25 heavy (non-hydrogen) atoms. The molecule has 0 aromatic heterocycles. The van der Waals surface area contributed by atoms with Crippen LogP contribution in [0.25, 0.3) is 0 Å². The molecule has 2 aliphatic rings. The van der Waals surface area contributed by atoms with Gasteiger partial charge in [0, 0.05) is 6.04 Å². The van der Waals surface area contributed by atoms with E-state index in [0.717, 1.165) is 37.0 Å². The number of fused-ring (bicyclic) bond motifs is 1. The number of benzene rings is 1. The van der Waals surface area contributed by atoms with Crippen LogP contribution in [0.1, 0.15) is 51.5 Å². The zero-order valence-corrected chi connectivity index (χ0v) is 15.0. The Labute approximate surface area is 149 Å². The molecule has 5 nitrogen and oxygen atoms in total. The normalized spacial score (nSPS) is 25.7. The molecule has 0 bridgehead atoms. The number of carbonyl (C=O) groups is 2. The predicted molar refractivity (Wildman–Crippen MR) is 94.5 cm³/mol. The van der Waals surface area contributed by atoms with E-state index in [1.54, 1.807) is 4.90 Å². The molecule has 1 N–H and O–H groups in total. The number of carboxylic acids is 1. The van der Waals surface area contributed by atoms with Crippen LogP contribution in [0, 0.1) is 5.92 Å². The van der Waals surface area contributed by atoms with Crippen molar-refractivity contribution < 1.29 is 19.4 Å². The second kappa shape index (κ2) is 7.46. The fourth-order valence-electron chi connectivity index (χ4n) is 4.31. The summed E-state index contributed by atoms with van der Waals surface area (Å²) in [6.45, 7) is 3.92. The third-order valence-electron chi connectivity index (χ3n) is 5.29. The van der Waals surface area contributed by atoms with Crippen LogP contribution in [0.3, 0.4) is 0 Å². The third-order valence-corrected chi connectivity index (χ3v) is 5.29. The maximum Gasteiger partial charge on any atom is 0.326 e. The molecule has 1 heterocycles. The van der Waals surface area contributed by atoms with E-state index in [-0.39, 0.29) is 24.5 Å². The standard InChI is InChI=1S/C20H27NO4/c1-13(2)25-16-8-5-6-14(10-16)11-19(22)21-17-9-4-3-7-15(17)12-18(21)20(23)24/h5-6,8,10,13,15,17-18H,3-4,7,9,11-12H2,1-2H3,(H,23,24). The fraction of sp³-hybridized carbons (Fsp3) is 0.600. The zero-order chi connectivity index (χ0) is 18.0. The molecule has 1 aromatic carbocycles. The lowest BCUT2D eigenvalue weighted by atomic mass is 9.84. The van der Waals surface area contributed by atoms with Gasteiger partial charge in [-0.1, -0.05) is 25.0 Å². The number of amides is 1. The molecule has 0 radical (unpaired) electrons. The van der Waals surface area contributed by atoms with Crippen molar-refractivity contribution in [2.75, 3.05) is 0 Å². The monoisotopic (exact) mass is 345 g/mol. The third kappa shape index (κ3) is 3.97. The van der Waals surface area contributed by atoms with E-state index >= 15 is 0 Å². The summed E-state index contributed by atoms with van der Waals surface area (Å²) in [4.78, 5) is 26.3. The lowest BCUT2D eigenvalue weighted by molar-refractivity contribution is -0.149. The molecule has 3 unspecified atom stereocenters. The molecule has 5 heteroatoms. The van der Waals surface area contributed by atoms with Gasteiger partial charge in [0.15, 0.2) is 0 Å². The van der Waals surface area contributed by atoms with Gasteiger partial charge in [0.2, 0.25) is 5.91 Å². The summed E-state index contributed by atoms with van der Waals surface area (Å²) in [5, 5.41) is 9.57. The van der Waals surface area contributed by atoms with Crippen LogP contribution in [0.15, 0.2) is 24.3 Å². The van der Waals surface area contributed by atoms with Crippen molar-refractivity contribution in [3.63, 3.8) is 0 Å². The smallest absolute Gasteiger partial charge is 0.326 e. The van der Waals surface area contributed by atoms with Crippen LogP contribution in [0.5, 0.6) is 5.75 Å². The topological polar surface area (TPSA) is 66.8 Å². The predicted octanol–water partition coefficient (Wildman–Crippen LogP) is 3.26. The first-order valence-electron chi connectivity index (χ1n) is 9.25. The Morgan fingerprint density at radius 1 is 1.28 bits per heavy atom. The summed E-state index contributed by atoms with van der Waals surface area (Å²) < 4.78 is 5.69. The van der Waals surface area contributed by atoms with Crippen molar-refractivity contribution in [2.24, 2.45) is 5.92 Å². The lowest BCUT2D eigenvalue weighted by Crippen LogP contribution is -2.46. The lowest BCUT2D eigenvalue weighted by Gasteiger charge is -2.33. The molecule has 2 fully saturated rings. The minimum absolute atomic E-state index is 0.0731. The number of likely N-dealkylation sites (tertiary alicyclic amines) is 1. The van der Waals surface area contributed by atoms with E-state index < -0.39 is 12.0 Å². The van der Waals surface area contributed by atoms with E-state index in [1.807, 2.05) is 38.1 Å². The number of aliphatic carboxylic acids is 1. The summed E-state index contributed by atoms with van der Waals surface area (Å²) in [5.74, 6) is 0.129. The molecule has 1 amide bonds. The quantitative estimate of drug-likeness (QED) is 0.889. The second-order valence-electron chi connectivity index (χ2n) is 7.49. The molecule has 1 aliphatic carbocycles. The van der Waals surface area contributed by atoms with E-state index in [4.69, 9.17) is 4.74 Å². The Morgan fingerprint density at radius 2 is 2.04 bits per heavy atom. The molecular formula is C20H27NO4. The van der Waals surface area contributed by atoms with E-state index in [9.17, 15) is 14.7 Å². The molecule has 1 aromatic rings. The molecule has 0 spiro atoms. The van der Waals surface area contributed by atoms with Crippen molar-refractivity contribution in [1.82, 2.24) is 4.90 Å². The Bertz CT molecular complexity index is 642. The molecule has 1 saturated heterocycles. The molecule has 1 aliphatic heterocycles. The van der Waals surface area contributed by atoms with Gasteiger partial charge in [-0.15, -0.1) is 0 Å². The molecule has 3 atom stereocenters. The Hall–Kier alpha value is -2.04. The molecule has 3 rings (SSSR count). The summed E-state index contributed by atoms with van der Waals surface area (Å²) in [6, 6.07) is 6.95. The molecular weight excluding hydrogens is 318 g/mol. The van der Waals surface area contributed by atoms with Crippen LogP contribution in [-0.2, 0) is 16.0 Å². The number of hydrogen-bond acceptors (Lipinski definition) is 3. The van der Waals surface area contributed by atoms with Crippen LogP contribution in [0.2, 0.25) is 0 Å². The number of carbonyl (C=O) groups excluding carboxylic acids is 1. The number of rotatable bonds is 5. The first-order valence-corrected chi connectivity index (χ1v) is 9.25. The minimum atomic E-state index is -0.875. The highest BCUT2D eigenvalue weighted by molar-refractivity contribution is 5.86. The van der Waals surface area contributed by atoms with Crippen LogP contribution in [0.4, 0.5) is 0 Å². The van der Waals surface area contributed by atoms with Crippen molar-refractivity contribution in [3.8, 4) is 5.75 Å². The van der Waals surface area contributed by atoms with Gasteiger partial charge in [-0.2, -0.15) is 0 Å². The second-order valence-corrected chi connectivity index (χ2v) is 7.49. The highest BCUT2D eigenvalue weighted by atomic mass is 16.5. The van der Waals surface area contributed by atoms with Gasteiger partial charge in [0.25, 0.3) is 0 Å². The Kier molecular flexibility index (Phi) is 5.30. The van der Waals surface area contributed by atoms with Crippen LogP contribution < -0.4 is 4.74 Å². The highest BCUT2D eigenvalue weighted by Crippen LogP contribution is 2.40. The number of hydrogen-bond donors (Lipinski definition) is 1. The van der Waals surface area contributed by atoms with Gasteiger partial charge in [0.1, 0.15) is 11.8 Å². The zero-order valence-electron chi connectivity index (χ0n) is 15.0. The molecule has 1 saturated carbocycles. The van der Waals surface area contributed by atoms with Crippen molar-refractivity contribution in [2.45, 2.75) is 70.6 Å². The summed E-state index contributed by atoms with van der Waals surface area (Å²) in [6.07, 6.45) is 5.08. The van der Waals surface area contributed by atoms with E-state index in [2.05, 4.69) is 0 Å². The van der Waals surface area contributed by atoms with Crippen molar-refractivity contribution in [3.05, 3.63) is 29.8 Å². The minimum Gasteiger partial charge on any atom is -0.491 e. The number of carboxylic acid groups (broad SMARTS) is 1. The first kappa shape index (κ1) is 17.8. The number of ether oxygens (including phenoxy) is 1. The number of nitrogens with zero attached hydrogens (tertiary/aromatic N) is 1. The highest BCUT2D eigenvalue weighted by Gasteiger charge is 2.47. The fourth-order valence-corrected chi connectivity index (χ4v) is 4.31. The maximum absolute atomic E-state index is 12.9. The van der Waals surface area contributed by atoms with Gasteiger partial charge >= 0.3 is 5.97 Å². The largest absolute Gasteiger partial charge is 0.491 e. The van der Waals surface area contributed by atoms with E-state index in [1.165, 1.54) is 0 Å². The van der Waals surface area contributed by atoms with Crippen molar-refractivity contribution >= 4 is 11.9 Å². The van der Waals surface area contributed by atoms with Gasteiger partial charge in [-0.25, -0.2) is 4.79 Å². The summed E-state index contributed by atoms with van der Waals surface area (Å²) >= 11 is 0. The Morgan fingerprint density at radius 3 is 2.76 bits per heavy atom. The van der Waals surface area contributed by atoms with Crippen LogP contribution >= 0.6 is 0 Å². The average Bonchev–Trinajstić information content (AvgIpc) is 2.94. The average molecular weight is 345 g/mol. The van der Waals surface area contributed by atoms with Gasteiger partial charge < -0.3 is 14.7 Å². The SMILES string of the molecule is CC(C)Oc1cccc(CC(=O)N2C(C(=O)O)CC3CCCCC32)c1. The van der Waals surface area contributed by atoms with E-state index in [0.29, 0.717) is 12.3 Å². The van der Waals surface area contributed by atoms with Gasteiger partial charge in [-0.05, 0) is 56.7 Å². The van der Waals surface area contributed by atoms with Gasteiger partial charge in [-0.3, -0.25) is 4.79 Å².